The molecule has 29 heavy (non-hydrogen) atoms. The third kappa shape index (κ3) is 3.22. The Bertz CT molecular complexity index is 1340. The van der Waals surface area contributed by atoms with Gasteiger partial charge in [0.2, 0.25) is 10.0 Å². The van der Waals surface area contributed by atoms with E-state index < -0.39 is 15.3 Å². The minimum atomic E-state index is -3.47. The minimum Gasteiger partial charge on any atom is -0.293 e. The Morgan fingerprint density at radius 1 is 1.24 bits per heavy atom. The highest BCUT2D eigenvalue weighted by Gasteiger charge is 2.23. The fourth-order valence-electron chi connectivity index (χ4n) is 3.25. The molecule has 4 rings (SSSR count). The summed E-state index contributed by atoms with van der Waals surface area (Å²) in [4.78, 5) is 4.57. The lowest BCUT2D eigenvalue weighted by Crippen LogP contribution is -2.22. The molecule has 2 aromatic heterocycles. The van der Waals surface area contributed by atoms with Gasteiger partial charge in [0.25, 0.3) is 0 Å². The first kappa shape index (κ1) is 19.0. The van der Waals surface area contributed by atoms with E-state index in [-0.39, 0.29) is 0 Å². The molecule has 6 nitrogen and oxygen atoms in total. The number of sulfonamides is 1. The van der Waals surface area contributed by atoms with Crippen LogP contribution in [0.3, 0.4) is 0 Å². The third-order valence-corrected chi connectivity index (χ3v) is 6.63. The van der Waals surface area contributed by atoms with Gasteiger partial charge in [0.15, 0.2) is 0 Å². The Morgan fingerprint density at radius 2 is 2.00 bits per heavy atom. The van der Waals surface area contributed by atoms with Gasteiger partial charge in [-0.2, -0.15) is 5.26 Å². The number of fused-ring (bicyclic) bond motifs is 1. The van der Waals surface area contributed by atoms with Crippen LogP contribution < -0.4 is 4.72 Å². The number of nitriles is 1. The maximum atomic E-state index is 12.3. The maximum absolute atomic E-state index is 12.3. The molecular weight excluding hydrogens is 384 g/mol. The van der Waals surface area contributed by atoms with E-state index >= 15 is 0 Å². The first-order valence-electron chi connectivity index (χ1n) is 9.24. The van der Waals surface area contributed by atoms with Crippen molar-refractivity contribution in [2.75, 3.05) is 4.72 Å². The van der Waals surface area contributed by atoms with E-state index in [0.29, 0.717) is 22.6 Å². The summed E-state index contributed by atoms with van der Waals surface area (Å²) in [5, 5.41) is 10.2. The number of benzene rings is 1. The van der Waals surface area contributed by atoms with Crippen LogP contribution in [0.15, 0.2) is 54.8 Å². The molecule has 3 aromatic rings. The van der Waals surface area contributed by atoms with Crippen molar-refractivity contribution >= 4 is 32.4 Å². The Labute approximate surface area is 169 Å². The van der Waals surface area contributed by atoms with Gasteiger partial charge in [0, 0.05) is 28.5 Å². The number of allylic oxidation sites excluding steroid dienone is 4. The summed E-state index contributed by atoms with van der Waals surface area (Å²) in [6.45, 7) is 5.19. The lowest BCUT2D eigenvalue weighted by Gasteiger charge is -2.16. The zero-order chi connectivity index (χ0) is 20.8. The van der Waals surface area contributed by atoms with E-state index in [9.17, 15) is 13.7 Å². The highest BCUT2D eigenvalue weighted by molar-refractivity contribution is 7.93. The lowest BCUT2D eigenvalue weighted by atomic mass is 10.0. The highest BCUT2D eigenvalue weighted by Crippen LogP contribution is 2.37. The molecule has 1 aromatic carbocycles. The fourth-order valence-corrected chi connectivity index (χ4v) is 3.94. The van der Waals surface area contributed by atoms with Gasteiger partial charge in [-0.15, -0.1) is 0 Å². The number of rotatable bonds is 5. The minimum absolute atomic E-state index is 0.458. The molecule has 0 amide bonds. The van der Waals surface area contributed by atoms with Crippen LogP contribution in [-0.4, -0.2) is 23.2 Å². The van der Waals surface area contributed by atoms with Crippen LogP contribution in [0, 0.1) is 18.3 Å². The number of aromatic nitrogens is 2. The van der Waals surface area contributed by atoms with Gasteiger partial charge in [-0.05, 0) is 56.7 Å². The van der Waals surface area contributed by atoms with Crippen molar-refractivity contribution in [1.29, 1.82) is 5.26 Å². The summed E-state index contributed by atoms with van der Waals surface area (Å²) < 4.78 is 29.1. The van der Waals surface area contributed by atoms with Gasteiger partial charge in [-0.3, -0.25) is 9.29 Å². The Hall–Kier alpha value is -3.37. The number of nitrogens with one attached hydrogen (secondary N) is 1. The second-order valence-electron chi connectivity index (χ2n) is 7.28. The second kappa shape index (κ2) is 6.90. The summed E-state index contributed by atoms with van der Waals surface area (Å²) >= 11 is 0. The van der Waals surface area contributed by atoms with Crippen molar-refractivity contribution in [2.24, 2.45) is 0 Å². The number of anilines is 1. The average molecular weight is 404 g/mol. The first-order chi connectivity index (χ1) is 13.8. The molecule has 0 aliphatic heterocycles. The van der Waals surface area contributed by atoms with Crippen molar-refractivity contribution in [3.63, 3.8) is 0 Å². The topological polar surface area (TPSA) is 87.8 Å². The fraction of sp³-hybridized carbons (Fsp3) is 0.182. The average Bonchev–Trinajstić information content (AvgIpc) is 2.93. The van der Waals surface area contributed by atoms with Gasteiger partial charge < -0.3 is 0 Å². The molecule has 0 fully saturated rings. The number of hydrogen-bond acceptors (Lipinski definition) is 4. The Balaban J connectivity index is 1.95. The first-order valence-corrected chi connectivity index (χ1v) is 10.8. The van der Waals surface area contributed by atoms with Crippen molar-refractivity contribution in [1.82, 2.24) is 9.55 Å². The van der Waals surface area contributed by atoms with E-state index in [1.54, 1.807) is 38.2 Å². The van der Waals surface area contributed by atoms with Crippen LogP contribution in [0.2, 0.25) is 0 Å². The van der Waals surface area contributed by atoms with Gasteiger partial charge >= 0.3 is 0 Å². The number of pyridine rings is 1. The predicted molar refractivity (Wildman–Crippen MR) is 116 cm³/mol. The molecule has 1 aliphatic carbocycles. The molecule has 2 heterocycles. The number of nitrogens with zero attached hydrogens (tertiary/aromatic N) is 3. The molecule has 1 aliphatic rings. The molecule has 0 bridgehead atoms. The Kier molecular flexibility index (Phi) is 4.52. The summed E-state index contributed by atoms with van der Waals surface area (Å²) in [6, 6.07) is 11.4. The second-order valence-corrected chi connectivity index (χ2v) is 9.52. The quantitative estimate of drug-likeness (QED) is 0.681. The Morgan fingerprint density at radius 3 is 2.62 bits per heavy atom. The van der Waals surface area contributed by atoms with Crippen LogP contribution in [0.1, 0.15) is 25.0 Å². The van der Waals surface area contributed by atoms with E-state index in [1.165, 1.54) is 0 Å². The molecule has 0 radical (unpaired) electrons. The summed E-state index contributed by atoms with van der Waals surface area (Å²) in [5.41, 5.74) is 5.00. The SMILES string of the molecule is Cc1cnc2c(c1)c(C#N)c(-c1cccc(NS(=O)(=O)C(C)C)c1)n2C1=CC=C1. The molecule has 0 saturated carbocycles. The molecular formula is C22H20N4O2S. The van der Waals surface area contributed by atoms with Crippen molar-refractivity contribution < 1.29 is 8.42 Å². The van der Waals surface area contributed by atoms with Crippen molar-refractivity contribution in [3.05, 3.63) is 65.9 Å². The van der Waals surface area contributed by atoms with Gasteiger partial charge in [-0.25, -0.2) is 13.4 Å². The number of hydrogen-bond donors (Lipinski definition) is 1. The zero-order valence-corrected chi connectivity index (χ0v) is 17.2. The smallest absolute Gasteiger partial charge is 0.235 e. The molecule has 0 atom stereocenters. The zero-order valence-electron chi connectivity index (χ0n) is 16.3. The molecule has 7 heteroatoms. The summed E-state index contributed by atoms with van der Waals surface area (Å²) in [7, 11) is -3.47. The van der Waals surface area contributed by atoms with E-state index in [4.69, 9.17) is 0 Å². The van der Waals surface area contributed by atoms with Crippen LogP contribution in [0.4, 0.5) is 5.69 Å². The molecule has 146 valence electrons. The van der Waals surface area contributed by atoms with Gasteiger partial charge in [-0.1, -0.05) is 18.2 Å². The van der Waals surface area contributed by atoms with Crippen LogP contribution in [0.25, 0.3) is 28.0 Å². The van der Waals surface area contributed by atoms with E-state index in [1.807, 2.05) is 41.9 Å². The molecule has 0 saturated heterocycles. The summed E-state index contributed by atoms with van der Waals surface area (Å²) in [5.74, 6) is 0. The molecule has 1 N–H and O–H groups in total. The normalized spacial score (nSPS) is 13.3. The third-order valence-electron chi connectivity index (χ3n) is 4.87. The van der Waals surface area contributed by atoms with Crippen LogP contribution >= 0.6 is 0 Å². The van der Waals surface area contributed by atoms with Crippen LogP contribution in [0.5, 0.6) is 0 Å². The van der Waals surface area contributed by atoms with E-state index in [0.717, 1.165) is 22.2 Å². The lowest BCUT2D eigenvalue weighted by molar-refractivity contribution is 0.593. The monoisotopic (exact) mass is 404 g/mol. The summed E-state index contributed by atoms with van der Waals surface area (Å²) in [6.07, 6.45) is 7.62. The van der Waals surface area contributed by atoms with E-state index in [2.05, 4.69) is 15.8 Å². The van der Waals surface area contributed by atoms with Crippen molar-refractivity contribution in [2.45, 2.75) is 26.0 Å². The van der Waals surface area contributed by atoms with Crippen LogP contribution in [-0.2, 0) is 10.0 Å². The largest absolute Gasteiger partial charge is 0.293 e. The van der Waals surface area contributed by atoms with Crippen molar-refractivity contribution in [3.8, 4) is 17.3 Å². The van der Waals surface area contributed by atoms with Gasteiger partial charge in [0.1, 0.15) is 11.7 Å². The highest BCUT2D eigenvalue weighted by atomic mass is 32.2. The standard InChI is InChI=1S/C22H20N4O2S/c1-14(2)29(27,28)25-17-7-4-6-16(11-17)21-20(12-23)19-10-15(3)13-24-22(19)26(21)18-8-5-9-18/h4-11,13-14,25H,1-3H3. The molecule has 0 spiro atoms. The van der Waals surface area contributed by atoms with Gasteiger partial charge in [0.05, 0.1) is 16.5 Å². The molecule has 0 unspecified atom stereocenters. The maximum Gasteiger partial charge on any atom is 0.235 e. The number of aryl methyl sites for hydroxylation is 1. The predicted octanol–water partition coefficient (Wildman–Crippen LogP) is 4.44.